The van der Waals surface area contributed by atoms with E-state index >= 15 is 0 Å². The first-order chi connectivity index (χ1) is 8.34. The van der Waals surface area contributed by atoms with Crippen molar-refractivity contribution >= 4 is 23.4 Å². The zero-order chi connectivity index (χ0) is 13.8. The van der Waals surface area contributed by atoms with Gasteiger partial charge in [0.05, 0.1) is 11.8 Å². The molecular weight excluding hydrogens is 254 g/mol. The number of aromatic nitrogens is 2. The van der Waals surface area contributed by atoms with Gasteiger partial charge in [-0.2, -0.15) is 4.98 Å². The summed E-state index contributed by atoms with van der Waals surface area (Å²) in [6.07, 6.45) is 1.52. The number of hydrogen-bond acceptors (Lipinski definition) is 6. The topological polar surface area (TPSA) is 73.3 Å². The van der Waals surface area contributed by atoms with Crippen molar-refractivity contribution in [1.29, 1.82) is 0 Å². The van der Waals surface area contributed by atoms with Crippen LogP contribution >= 0.6 is 11.6 Å². The van der Waals surface area contributed by atoms with Crippen molar-refractivity contribution in [3.63, 3.8) is 0 Å². The van der Waals surface area contributed by atoms with E-state index in [2.05, 4.69) is 20.6 Å². The van der Waals surface area contributed by atoms with Gasteiger partial charge < -0.3 is 20.6 Å². The van der Waals surface area contributed by atoms with Crippen molar-refractivity contribution in [1.82, 2.24) is 14.9 Å². The molecule has 1 aromatic rings. The van der Waals surface area contributed by atoms with Crippen LogP contribution in [0.1, 0.15) is 6.92 Å². The lowest BCUT2D eigenvalue weighted by Crippen LogP contribution is -2.43. The predicted molar refractivity (Wildman–Crippen MR) is 74.3 cm³/mol. The third kappa shape index (κ3) is 4.64. The highest BCUT2D eigenvalue weighted by Crippen LogP contribution is 2.20. The Morgan fingerprint density at radius 2 is 2.17 bits per heavy atom. The van der Waals surface area contributed by atoms with Crippen molar-refractivity contribution in [2.24, 2.45) is 0 Å². The highest BCUT2D eigenvalue weighted by atomic mass is 35.5. The Morgan fingerprint density at radius 1 is 1.50 bits per heavy atom. The molecule has 3 N–H and O–H groups in total. The Balaban J connectivity index is 2.67. The first kappa shape index (κ1) is 14.9. The van der Waals surface area contributed by atoms with Gasteiger partial charge in [-0.1, -0.05) is 11.6 Å². The summed E-state index contributed by atoms with van der Waals surface area (Å²) in [6, 6.07) is 0. The zero-order valence-corrected chi connectivity index (χ0v) is 11.9. The normalized spacial score (nSPS) is 14.4. The Morgan fingerprint density at radius 3 is 2.72 bits per heavy atom. The Kier molecular flexibility index (Phi) is 5.13. The molecule has 18 heavy (non-hydrogen) atoms. The van der Waals surface area contributed by atoms with E-state index in [-0.39, 0.29) is 0 Å². The van der Waals surface area contributed by atoms with Crippen LogP contribution in [0, 0.1) is 0 Å². The predicted octanol–water partition coefficient (Wildman–Crippen LogP) is 0.896. The third-order valence-corrected chi connectivity index (χ3v) is 2.54. The molecule has 102 valence electrons. The Hall–Kier alpha value is -1.11. The minimum atomic E-state index is -0.864. The lowest BCUT2D eigenvalue weighted by atomic mass is 10.1. The fourth-order valence-electron chi connectivity index (χ4n) is 1.62. The van der Waals surface area contributed by atoms with Crippen molar-refractivity contribution in [3.8, 4) is 0 Å². The summed E-state index contributed by atoms with van der Waals surface area (Å²) >= 11 is 5.98. The van der Waals surface area contributed by atoms with Crippen molar-refractivity contribution in [2.45, 2.75) is 12.5 Å². The molecule has 1 unspecified atom stereocenters. The first-order valence-electron chi connectivity index (χ1n) is 5.65. The van der Waals surface area contributed by atoms with Crippen molar-refractivity contribution in [2.75, 3.05) is 44.9 Å². The molecule has 7 heteroatoms. The largest absolute Gasteiger partial charge is 0.387 e. The summed E-state index contributed by atoms with van der Waals surface area (Å²) in [7, 11) is 5.55. The van der Waals surface area contributed by atoms with Gasteiger partial charge in [0.2, 0.25) is 5.95 Å². The van der Waals surface area contributed by atoms with Crippen LogP contribution in [0.5, 0.6) is 0 Å². The lowest BCUT2D eigenvalue weighted by Gasteiger charge is -2.27. The van der Waals surface area contributed by atoms with E-state index in [0.29, 0.717) is 29.9 Å². The lowest BCUT2D eigenvalue weighted by molar-refractivity contribution is 0.0459. The van der Waals surface area contributed by atoms with E-state index in [1.54, 1.807) is 14.0 Å². The summed E-state index contributed by atoms with van der Waals surface area (Å²) in [5.41, 5.74) is -0.864. The second kappa shape index (κ2) is 6.17. The summed E-state index contributed by atoms with van der Waals surface area (Å²) in [6.45, 7) is 2.65. The van der Waals surface area contributed by atoms with Gasteiger partial charge in [-0.05, 0) is 21.0 Å². The average molecular weight is 274 g/mol. The van der Waals surface area contributed by atoms with Gasteiger partial charge in [0.25, 0.3) is 0 Å². The quantitative estimate of drug-likeness (QED) is 0.715. The van der Waals surface area contributed by atoms with Gasteiger partial charge in [-0.3, -0.25) is 0 Å². The fourth-order valence-corrected chi connectivity index (χ4v) is 1.78. The number of nitrogens with one attached hydrogen (secondary N) is 2. The number of halogens is 1. The number of hydrogen-bond donors (Lipinski definition) is 3. The van der Waals surface area contributed by atoms with Gasteiger partial charge >= 0.3 is 0 Å². The van der Waals surface area contributed by atoms with Crippen LogP contribution in [0.2, 0.25) is 5.02 Å². The smallest absolute Gasteiger partial charge is 0.224 e. The number of anilines is 2. The summed E-state index contributed by atoms with van der Waals surface area (Å²) in [5, 5.41) is 16.4. The molecule has 0 aliphatic heterocycles. The van der Waals surface area contributed by atoms with E-state index in [4.69, 9.17) is 11.6 Å². The van der Waals surface area contributed by atoms with E-state index in [0.717, 1.165) is 0 Å². The Bertz CT molecular complexity index is 397. The van der Waals surface area contributed by atoms with Crippen LogP contribution in [-0.2, 0) is 0 Å². The van der Waals surface area contributed by atoms with Gasteiger partial charge in [0, 0.05) is 20.1 Å². The monoisotopic (exact) mass is 273 g/mol. The molecule has 1 aromatic heterocycles. The molecular formula is C11H20ClN5O. The molecule has 0 aromatic carbocycles. The van der Waals surface area contributed by atoms with Crippen molar-refractivity contribution < 1.29 is 5.11 Å². The highest BCUT2D eigenvalue weighted by Gasteiger charge is 2.21. The fraction of sp³-hybridized carbons (Fsp3) is 0.636. The number of likely N-dealkylation sites (N-methyl/N-ethyl adjacent to an activating group) is 1. The molecule has 1 rings (SSSR count). The van der Waals surface area contributed by atoms with Crippen molar-refractivity contribution in [3.05, 3.63) is 11.2 Å². The minimum Gasteiger partial charge on any atom is -0.387 e. The third-order valence-electron chi connectivity index (χ3n) is 2.26. The molecule has 0 amide bonds. The average Bonchev–Trinajstić information content (AvgIpc) is 2.26. The maximum atomic E-state index is 10.2. The SMILES string of the molecule is CNc1ncc(Cl)c(NCC(C)(O)CN(C)C)n1. The van der Waals surface area contributed by atoms with E-state index in [1.165, 1.54) is 6.20 Å². The van der Waals surface area contributed by atoms with Crippen LogP contribution in [0.4, 0.5) is 11.8 Å². The molecule has 0 radical (unpaired) electrons. The van der Waals surface area contributed by atoms with E-state index in [1.807, 2.05) is 19.0 Å². The van der Waals surface area contributed by atoms with Crippen LogP contribution in [0.25, 0.3) is 0 Å². The first-order valence-corrected chi connectivity index (χ1v) is 6.03. The summed E-state index contributed by atoms with van der Waals surface area (Å²) in [5.74, 6) is 0.990. The molecule has 0 bridgehead atoms. The molecule has 1 atom stereocenters. The summed E-state index contributed by atoms with van der Waals surface area (Å²) < 4.78 is 0. The van der Waals surface area contributed by atoms with Crippen LogP contribution < -0.4 is 10.6 Å². The molecule has 0 spiro atoms. The molecule has 0 aliphatic carbocycles. The minimum absolute atomic E-state index is 0.352. The second-order valence-electron chi connectivity index (χ2n) is 4.73. The molecule has 0 saturated carbocycles. The standard InChI is InChI=1S/C11H20ClN5O/c1-11(18,7-17(3)4)6-15-9-8(12)5-14-10(13-2)16-9/h5,18H,6-7H2,1-4H3,(H2,13,14,15,16). The molecule has 1 heterocycles. The Labute approximate surface area is 112 Å². The van der Waals surface area contributed by atoms with Gasteiger partial charge in [0.15, 0.2) is 5.82 Å². The van der Waals surface area contributed by atoms with Crippen LogP contribution in [-0.4, -0.2) is 59.8 Å². The second-order valence-corrected chi connectivity index (χ2v) is 5.14. The molecule has 0 saturated heterocycles. The highest BCUT2D eigenvalue weighted by molar-refractivity contribution is 6.32. The number of rotatable bonds is 6. The maximum Gasteiger partial charge on any atom is 0.224 e. The van der Waals surface area contributed by atoms with Crippen LogP contribution in [0.3, 0.4) is 0 Å². The molecule has 0 aliphatic rings. The summed E-state index contributed by atoms with van der Waals surface area (Å²) in [4.78, 5) is 10.1. The zero-order valence-electron chi connectivity index (χ0n) is 11.2. The van der Waals surface area contributed by atoms with E-state index in [9.17, 15) is 5.11 Å². The maximum absolute atomic E-state index is 10.2. The van der Waals surface area contributed by atoms with Gasteiger partial charge in [-0.25, -0.2) is 4.98 Å². The molecule has 6 nitrogen and oxygen atoms in total. The number of nitrogens with zero attached hydrogens (tertiary/aromatic N) is 3. The van der Waals surface area contributed by atoms with Gasteiger partial charge in [-0.15, -0.1) is 0 Å². The van der Waals surface area contributed by atoms with E-state index < -0.39 is 5.60 Å². The molecule has 0 fully saturated rings. The van der Waals surface area contributed by atoms with Crippen LogP contribution in [0.15, 0.2) is 6.20 Å². The van der Waals surface area contributed by atoms with Gasteiger partial charge in [0.1, 0.15) is 5.02 Å². The number of aliphatic hydroxyl groups is 1.